The number of hydrogen-bond donors (Lipinski definition) is 2. The normalized spacial score (nSPS) is 21.9. The highest BCUT2D eigenvalue weighted by molar-refractivity contribution is 5.78. The second kappa shape index (κ2) is 9.35. The Bertz CT molecular complexity index is 279. The van der Waals surface area contributed by atoms with Crippen molar-refractivity contribution in [2.75, 3.05) is 26.2 Å². The van der Waals surface area contributed by atoms with Crippen LogP contribution in [0.5, 0.6) is 0 Å². The Balaban J connectivity index is 2.37. The van der Waals surface area contributed by atoms with E-state index in [1.807, 2.05) is 0 Å². The van der Waals surface area contributed by atoms with Crippen LogP contribution in [0.3, 0.4) is 0 Å². The molecular weight excluding hydrogens is 250 g/mol. The molecule has 2 unspecified atom stereocenters. The van der Waals surface area contributed by atoms with E-state index in [-0.39, 0.29) is 5.91 Å². The first-order valence-electron chi connectivity index (χ1n) is 8.35. The average Bonchev–Trinajstić information content (AvgIpc) is 2.45. The third-order valence-corrected chi connectivity index (χ3v) is 4.49. The Kier molecular flexibility index (Phi) is 8.15. The van der Waals surface area contributed by atoms with Gasteiger partial charge in [-0.2, -0.15) is 0 Å². The zero-order valence-corrected chi connectivity index (χ0v) is 13.7. The maximum absolute atomic E-state index is 12.1. The zero-order valence-electron chi connectivity index (χ0n) is 13.7. The fourth-order valence-corrected chi connectivity index (χ4v) is 3.10. The largest absolute Gasteiger partial charge is 0.352 e. The summed E-state index contributed by atoms with van der Waals surface area (Å²) in [5, 5.41) is 6.65. The van der Waals surface area contributed by atoms with Crippen LogP contribution in [0.15, 0.2) is 0 Å². The molecule has 0 radical (unpaired) electrons. The van der Waals surface area contributed by atoms with E-state index >= 15 is 0 Å². The number of piperidine rings is 1. The first kappa shape index (κ1) is 17.4. The summed E-state index contributed by atoms with van der Waals surface area (Å²) in [5.74, 6) is 0.861. The molecule has 2 N–H and O–H groups in total. The molecule has 1 aliphatic rings. The lowest BCUT2D eigenvalue weighted by Crippen LogP contribution is -2.48. The van der Waals surface area contributed by atoms with Gasteiger partial charge in [0, 0.05) is 18.6 Å². The van der Waals surface area contributed by atoms with Crippen LogP contribution in [0, 0.1) is 5.92 Å². The monoisotopic (exact) mass is 283 g/mol. The fourth-order valence-electron chi connectivity index (χ4n) is 3.10. The van der Waals surface area contributed by atoms with E-state index in [4.69, 9.17) is 0 Å². The van der Waals surface area contributed by atoms with Crippen LogP contribution in [0.1, 0.15) is 53.4 Å². The summed E-state index contributed by atoms with van der Waals surface area (Å²) in [7, 11) is 0. The van der Waals surface area contributed by atoms with Gasteiger partial charge in [-0.25, -0.2) is 0 Å². The molecule has 0 aromatic rings. The van der Waals surface area contributed by atoms with E-state index < -0.39 is 0 Å². The third-order valence-electron chi connectivity index (χ3n) is 4.49. The molecule has 0 bridgehead atoms. The molecule has 118 valence electrons. The molecule has 4 heteroatoms. The van der Waals surface area contributed by atoms with Gasteiger partial charge in [0.15, 0.2) is 0 Å². The first-order chi connectivity index (χ1) is 9.60. The molecule has 4 nitrogen and oxygen atoms in total. The van der Waals surface area contributed by atoms with Gasteiger partial charge in [-0.15, -0.1) is 0 Å². The van der Waals surface area contributed by atoms with E-state index in [9.17, 15) is 4.79 Å². The highest BCUT2D eigenvalue weighted by atomic mass is 16.2. The SMILES string of the molecule is CCNC(C)C1CCCN(CC(=O)NC(CC)CC)C1. The third kappa shape index (κ3) is 5.80. The predicted octanol–water partition coefficient (Wildman–Crippen LogP) is 2.00. The van der Waals surface area contributed by atoms with Crippen molar-refractivity contribution in [3.05, 3.63) is 0 Å². The van der Waals surface area contributed by atoms with Gasteiger partial charge in [0.05, 0.1) is 6.54 Å². The maximum Gasteiger partial charge on any atom is 0.234 e. The number of nitrogens with zero attached hydrogens (tertiary/aromatic N) is 1. The summed E-state index contributed by atoms with van der Waals surface area (Å²) in [5.41, 5.74) is 0. The van der Waals surface area contributed by atoms with Crippen molar-refractivity contribution in [3.8, 4) is 0 Å². The molecule has 1 amide bonds. The molecule has 1 rings (SSSR count). The van der Waals surface area contributed by atoms with Crippen molar-refractivity contribution in [1.29, 1.82) is 0 Å². The van der Waals surface area contributed by atoms with Gasteiger partial charge in [-0.05, 0) is 51.6 Å². The number of likely N-dealkylation sites (tertiary alicyclic amines) is 1. The van der Waals surface area contributed by atoms with E-state index in [0.29, 0.717) is 24.5 Å². The quantitative estimate of drug-likeness (QED) is 0.716. The van der Waals surface area contributed by atoms with Crippen molar-refractivity contribution >= 4 is 5.91 Å². The summed E-state index contributed by atoms with van der Waals surface area (Å²) < 4.78 is 0. The molecule has 1 heterocycles. The van der Waals surface area contributed by atoms with Crippen LogP contribution in [-0.2, 0) is 4.79 Å². The van der Waals surface area contributed by atoms with Crippen molar-refractivity contribution in [2.24, 2.45) is 5.92 Å². The predicted molar refractivity (Wildman–Crippen MR) is 84.8 cm³/mol. The second-order valence-corrected chi connectivity index (χ2v) is 6.06. The Morgan fingerprint density at radius 2 is 2.00 bits per heavy atom. The first-order valence-corrected chi connectivity index (χ1v) is 8.35. The Morgan fingerprint density at radius 3 is 2.60 bits per heavy atom. The number of amides is 1. The smallest absolute Gasteiger partial charge is 0.234 e. The molecule has 1 saturated heterocycles. The Labute approximate surface area is 124 Å². The number of nitrogens with one attached hydrogen (secondary N) is 2. The van der Waals surface area contributed by atoms with Crippen molar-refractivity contribution < 1.29 is 4.79 Å². The Morgan fingerprint density at radius 1 is 1.30 bits per heavy atom. The molecule has 1 aliphatic heterocycles. The molecule has 0 aromatic heterocycles. The number of rotatable bonds is 8. The summed E-state index contributed by atoms with van der Waals surface area (Å²) in [6, 6.07) is 0.883. The van der Waals surface area contributed by atoms with Crippen LogP contribution in [0.25, 0.3) is 0 Å². The van der Waals surface area contributed by atoms with E-state index in [1.54, 1.807) is 0 Å². The highest BCUT2D eigenvalue weighted by Gasteiger charge is 2.25. The van der Waals surface area contributed by atoms with E-state index in [2.05, 4.69) is 43.2 Å². The van der Waals surface area contributed by atoms with Gasteiger partial charge in [-0.3, -0.25) is 9.69 Å². The van der Waals surface area contributed by atoms with Gasteiger partial charge >= 0.3 is 0 Å². The maximum atomic E-state index is 12.1. The fraction of sp³-hybridized carbons (Fsp3) is 0.938. The van der Waals surface area contributed by atoms with Crippen molar-refractivity contribution in [2.45, 2.75) is 65.5 Å². The van der Waals surface area contributed by atoms with Gasteiger partial charge in [-0.1, -0.05) is 20.8 Å². The minimum absolute atomic E-state index is 0.190. The molecule has 20 heavy (non-hydrogen) atoms. The van der Waals surface area contributed by atoms with Gasteiger partial charge in [0.1, 0.15) is 0 Å². The van der Waals surface area contributed by atoms with Gasteiger partial charge in [0.2, 0.25) is 5.91 Å². The highest BCUT2D eigenvalue weighted by Crippen LogP contribution is 2.19. The van der Waals surface area contributed by atoms with Crippen LogP contribution >= 0.6 is 0 Å². The molecule has 0 saturated carbocycles. The molecule has 0 spiro atoms. The van der Waals surface area contributed by atoms with Gasteiger partial charge < -0.3 is 10.6 Å². The van der Waals surface area contributed by atoms with Crippen molar-refractivity contribution in [3.63, 3.8) is 0 Å². The van der Waals surface area contributed by atoms with E-state index in [0.717, 1.165) is 32.5 Å². The lowest BCUT2D eigenvalue weighted by molar-refractivity contribution is -0.123. The van der Waals surface area contributed by atoms with Crippen molar-refractivity contribution in [1.82, 2.24) is 15.5 Å². The number of carbonyl (C=O) groups excluding carboxylic acids is 1. The van der Waals surface area contributed by atoms with E-state index in [1.165, 1.54) is 12.8 Å². The zero-order chi connectivity index (χ0) is 15.0. The average molecular weight is 283 g/mol. The summed E-state index contributed by atoms with van der Waals surface area (Å²) >= 11 is 0. The lowest BCUT2D eigenvalue weighted by Gasteiger charge is -2.35. The summed E-state index contributed by atoms with van der Waals surface area (Å²) in [6.07, 6.45) is 4.52. The van der Waals surface area contributed by atoms with Crippen LogP contribution in [0.2, 0.25) is 0 Å². The molecule has 0 aromatic carbocycles. The molecule has 1 fully saturated rings. The number of carbonyl (C=O) groups is 1. The topological polar surface area (TPSA) is 44.4 Å². The second-order valence-electron chi connectivity index (χ2n) is 6.06. The van der Waals surface area contributed by atoms with Gasteiger partial charge in [0.25, 0.3) is 0 Å². The van der Waals surface area contributed by atoms with Crippen LogP contribution in [-0.4, -0.2) is 49.1 Å². The minimum atomic E-state index is 0.190. The minimum Gasteiger partial charge on any atom is -0.352 e. The molecule has 0 aliphatic carbocycles. The Hall–Kier alpha value is -0.610. The summed E-state index contributed by atoms with van der Waals surface area (Å²) in [4.78, 5) is 14.4. The lowest BCUT2D eigenvalue weighted by atomic mass is 9.91. The number of hydrogen-bond acceptors (Lipinski definition) is 3. The standard InChI is InChI=1S/C16H33N3O/c1-5-15(6-2)18-16(20)12-19-10-8-9-14(11-19)13(4)17-7-3/h13-15,17H,5-12H2,1-4H3,(H,18,20). The summed E-state index contributed by atoms with van der Waals surface area (Å²) in [6.45, 7) is 12.4. The molecular formula is C16H33N3O. The molecule has 2 atom stereocenters. The van der Waals surface area contributed by atoms with Crippen LogP contribution < -0.4 is 10.6 Å². The van der Waals surface area contributed by atoms with Crippen LogP contribution in [0.4, 0.5) is 0 Å².